The summed E-state index contributed by atoms with van der Waals surface area (Å²) >= 11 is 5.19. The van der Waals surface area contributed by atoms with E-state index in [2.05, 4.69) is 10.6 Å². The fourth-order valence-electron chi connectivity index (χ4n) is 2.77. The molecule has 1 fully saturated rings. The molecular formula is C21H20FN3O3S. The maximum atomic E-state index is 12.9. The Bertz CT molecular complexity index is 925. The van der Waals surface area contributed by atoms with E-state index in [1.54, 1.807) is 47.4 Å². The molecule has 0 atom stereocenters. The number of para-hydroxylation sites is 1. The van der Waals surface area contributed by atoms with Gasteiger partial charge < -0.3 is 15.0 Å². The van der Waals surface area contributed by atoms with Crippen LogP contribution >= 0.6 is 12.2 Å². The zero-order valence-corrected chi connectivity index (χ0v) is 16.4. The number of amides is 2. The van der Waals surface area contributed by atoms with E-state index < -0.39 is 5.91 Å². The number of thiocarbonyl (C=S) groups is 1. The Kier molecular flexibility index (Phi) is 7.04. The third-order valence-corrected chi connectivity index (χ3v) is 4.44. The number of benzene rings is 2. The second kappa shape index (κ2) is 9.90. The molecule has 3 rings (SSSR count). The zero-order chi connectivity index (χ0) is 20.6. The zero-order valence-electron chi connectivity index (χ0n) is 15.6. The summed E-state index contributed by atoms with van der Waals surface area (Å²) in [6.07, 6.45) is 2.85. The molecule has 1 aliphatic heterocycles. The van der Waals surface area contributed by atoms with E-state index in [-0.39, 0.29) is 16.8 Å². The van der Waals surface area contributed by atoms with Crippen LogP contribution in [0.4, 0.5) is 10.1 Å². The maximum absolute atomic E-state index is 12.9. The van der Waals surface area contributed by atoms with Crippen LogP contribution in [0.25, 0.3) is 6.08 Å². The summed E-state index contributed by atoms with van der Waals surface area (Å²) in [6, 6.07) is 12.7. The average molecular weight is 413 g/mol. The third-order valence-electron chi connectivity index (χ3n) is 4.24. The van der Waals surface area contributed by atoms with Crippen LogP contribution in [0.2, 0.25) is 0 Å². The molecule has 0 saturated carbocycles. The smallest absolute Gasteiger partial charge is 0.256 e. The van der Waals surface area contributed by atoms with Crippen molar-refractivity contribution in [3.63, 3.8) is 0 Å². The molecule has 0 unspecified atom stereocenters. The highest BCUT2D eigenvalue weighted by molar-refractivity contribution is 7.80. The van der Waals surface area contributed by atoms with E-state index in [0.29, 0.717) is 43.1 Å². The van der Waals surface area contributed by atoms with Crippen LogP contribution in [-0.4, -0.2) is 48.1 Å². The van der Waals surface area contributed by atoms with E-state index in [4.69, 9.17) is 17.0 Å². The van der Waals surface area contributed by atoms with Gasteiger partial charge in [-0.25, -0.2) is 4.39 Å². The summed E-state index contributed by atoms with van der Waals surface area (Å²) in [4.78, 5) is 26.6. The van der Waals surface area contributed by atoms with E-state index in [1.165, 1.54) is 18.2 Å². The lowest BCUT2D eigenvalue weighted by atomic mass is 10.1. The molecule has 2 aromatic carbocycles. The molecule has 0 radical (unpaired) electrons. The quantitative estimate of drug-likeness (QED) is 0.596. The molecule has 6 nitrogen and oxygen atoms in total. The highest BCUT2D eigenvalue weighted by atomic mass is 32.1. The van der Waals surface area contributed by atoms with Crippen LogP contribution in [0, 0.1) is 5.82 Å². The minimum absolute atomic E-state index is 0.0704. The number of nitrogens with one attached hydrogen (secondary N) is 2. The van der Waals surface area contributed by atoms with Gasteiger partial charge >= 0.3 is 0 Å². The first kappa shape index (κ1) is 20.6. The molecule has 1 aliphatic rings. The third kappa shape index (κ3) is 5.94. The van der Waals surface area contributed by atoms with Gasteiger partial charge in [-0.05, 0) is 48.1 Å². The number of hydrogen-bond acceptors (Lipinski definition) is 4. The highest BCUT2D eigenvalue weighted by Crippen LogP contribution is 2.18. The molecule has 0 bridgehead atoms. The van der Waals surface area contributed by atoms with Crippen molar-refractivity contribution in [3.05, 3.63) is 71.6 Å². The first-order chi connectivity index (χ1) is 14.0. The van der Waals surface area contributed by atoms with Crippen molar-refractivity contribution in [2.75, 3.05) is 31.6 Å². The average Bonchev–Trinajstić information content (AvgIpc) is 2.74. The Labute approximate surface area is 173 Å². The molecule has 0 aliphatic carbocycles. The standard InChI is InChI=1S/C21H20FN3O3S/c22-16-8-5-15(6-9-16)7-10-19(26)24-21(29)23-18-4-2-1-3-17(18)20(27)25-11-13-28-14-12-25/h1-10H,11-14H2,(H2,23,24,26,29)/b10-7+. The van der Waals surface area contributed by atoms with Gasteiger partial charge in [0, 0.05) is 19.2 Å². The largest absolute Gasteiger partial charge is 0.378 e. The Morgan fingerprint density at radius 1 is 1.07 bits per heavy atom. The number of anilines is 1. The van der Waals surface area contributed by atoms with Crippen LogP contribution in [0.1, 0.15) is 15.9 Å². The van der Waals surface area contributed by atoms with Gasteiger partial charge in [0.25, 0.3) is 5.91 Å². The molecule has 2 aromatic rings. The molecule has 0 spiro atoms. The van der Waals surface area contributed by atoms with Crippen LogP contribution < -0.4 is 10.6 Å². The number of carbonyl (C=O) groups excluding carboxylic acids is 2. The Morgan fingerprint density at radius 3 is 2.48 bits per heavy atom. The topological polar surface area (TPSA) is 70.7 Å². The van der Waals surface area contributed by atoms with Crippen molar-refractivity contribution in [3.8, 4) is 0 Å². The molecule has 0 aromatic heterocycles. The van der Waals surface area contributed by atoms with Gasteiger partial charge in [-0.1, -0.05) is 24.3 Å². The lowest BCUT2D eigenvalue weighted by Gasteiger charge is -2.27. The number of nitrogens with zero attached hydrogens (tertiary/aromatic N) is 1. The summed E-state index contributed by atoms with van der Waals surface area (Å²) in [7, 11) is 0. The van der Waals surface area contributed by atoms with E-state index in [9.17, 15) is 14.0 Å². The van der Waals surface area contributed by atoms with Crippen LogP contribution in [0.5, 0.6) is 0 Å². The minimum atomic E-state index is -0.441. The van der Waals surface area contributed by atoms with Gasteiger partial charge in [-0.3, -0.25) is 14.9 Å². The minimum Gasteiger partial charge on any atom is -0.378 e. The number of carbonyl (C=O) groups is 2. The number of hydrogen-bond donors (Lipinski definition) is 2. The molecule has 29 heavy (non-hydrogen) atoms. The molecular weight excluding hydrogens is 393 g/mol. The van der Waals surface area contributed by atoms with Crippen LogP contribution in [-0.2, 0) is 9.53 Å². The monoisotopic (exact) mass is 413 g/mol. The second-order valence-electron chi connectivity index (χ2n) is 6.28. The van der Waals surface area contributed by atoms with Gasteiger partial charge in [0.2, 0.25) is 5.91 Å². The fraction of sp³-hybridized carbons (Fsp3) is 0.190. The Balaban J connectivity index is 1.61. The van der Waals surface area contributed by atoms with Gasteiger partial charge in [-0.2, -0.15) is 0 Å². The predicted octanol–water partition coefficient (Wildman–Crippen LogP) is 2.82. The van der Waals surface area contributed by atoms with E-state index >= 15 is 0 Å². The number of rotatable bonds is 4. The summed E-state index contributed by atoms with van der Waals surface area (Å²) < 4.78 is 18.2. The number of halogens is 1. The summed E-state index contributed by atoms with van der Waals surface area (Å²) in [6.45, 7) is 2.08. The van der Waals surface area contributed by atoms with Crippen LogP contribution in [0.15, 0.2) is 54.6 Å². The summed E-state index contributed by atoms with van der Waals surface area (Å²) in [5, 5.41) is 5.51. The van der Waals surface area contributed by atoms with Gasteiger partial charge in [-0.15, -0.1) is 0 Å². The number of morpholine rings is 1. The summed E-state index contributed by atoms with van der Waals surface area (Å²) in [5.74, 6) is -0.909. The molecule has 8 heteroatoms. The summed E-state index contributed by atoms with van der Waals surface area (Å²) in [5.41, 5.74) is 1.66. The van der Waals surface area contributed by atoms with Crippen molar-refractivity contribution in [1.29, 1.82) is 0 Å². The van der Waals surface area contributed by atoms with Crippen molar-refractivity contribution in [2.45, 2.75) is 0 Å². The van der Waals surface area contributed by atoms with Gasteiger partial charge in [0.1, 0.15) is 5.82 Å². The first-order valence-electron chi connectivity index (χ1n) is 9.04. The number of ether oxygens (including phenoxy) is 1. The van der Waals surface area contributed by atoms with Crippen molar-refractivity contribution in [1.82, 2.24) is 10.2 Å². The molecule has 2 N–H and O–H groups in total. The second-order valence-corrected chi connectivity index (χ2v) is 6.69. The van der Waals surface area contributed by atoms with Crippen molar-refractivity contribution >= 4 is 40.9 Å². The Hall–Kier alpha value is -3.10. The van der Waals surface area contributed by atoms with E-state index in [1.807, 2.05) is 0 Å². The fourth-order valence-corrected chi connectivity index (χ4v) is 2.98. The van der Waals surface area contributed by atoms with E-state index in [0.717, 1.165) is 0 Å². The predicted molar refractivity (Wildman–Crippen MR) is 113 cm³/mol. The molecule has 2 amide bonds. The molecule has 1 heterocycles. The normalized spacial score (nSPS) is 13.9. The van der Waals surface area contributed by atoms with Crippen LogP contribution in [0.3, 0.4) is 0 Å². The van der Waals surface area contributed by atoms with Gasteiger partial charge in [0.15, 0.2) is 5.11 Å². The van der Waals surface area contributed by atoms with Crippen molar-refractivity contribution < 1.29 is 18.7 Å². The Morgan fingerprint density at radius 2 is 1.76 bits per heavy atom. The highest BCUT2D eigenvalue weighted by Gasteiger charge is 2.21. The first-order valence-corrected chi connectivity index (χ1v) is 9.45. The molecule has 1 saturated heterocycles. The lowest BCUT2D eigenvalue weighted by molar-refractivity contribution is -0.115. The van der Waals surface area contributed by atoms with Crippen molar-refractivity contribution in [2.24, 2.45) is 0 Å². The van der Waals surface area contributed by atoms with Gasteiger partial charge in [0.05, 0.1) is 24.5 Å². The molecule has 150 valence electrons. The SMILES string of the molecule is O=C(/C=C/c1ccc(F)cc1)NC(=S)Nc1ccccc1C(=O)N1CCOCC1. The lowest BCUT2D eigenvalue weighted by Crippen LogP contribution is -2.41. The maximum Gasteiger partial charge on any atom is 0.256 e.